The summed E-state index contributed by atoms with van der Waals surface area (Å²) < 4.78 is 46.7. The maximum absolute atomic E-state index is 13.2. The van der Waals surface area contributed by atoms with Gasteiger partial charge in [0.1, 0.15) is 18.3 Å². The Hall–Kier alpha value is -3.59. The molecule has 22 atom stereocenters. The third-order valence-corrected chi connectivity index (χ3v) is 29.6. The van der Waals surface area contributed by atoms with Crippen LogP contribution in [0.3, 0.4) is 0 Å². The summed E-state index contributed by atoms with van der Waals surface area (Å²) in [4.78, 5) is 89.9. The van der Waals surface area contributed by atoms with E-state index in [1.165, 1.54) is 57.8 Å². The second-order valence-electron chi connectivity index (χ2n) is 35.5. The first-order valence-corrected chi connectivity index (χ1v) is 37.3. The van der Waals surface area contributed by atoms with Gasteiger partial charge in [0.25, 0.3) is 0 Å². The largest absolute Gasteiger partial charge is 0.462 e. The molecule has 18 fully saturated rings. The average molecular weight is 1270 g/mol. The van der Waals surface area contributed by atoms with Crippen LogP contribution in [-0.2, 0) is 71.5 Å². The average Bonchev–Trinajstić information content (AvgIpc) is 1.59. The van der Waals surface area contributed by atoms with Gasteiger partial charge in [0.05, 0.1) is 40.1 Å². The smallest absolute Gasteiger partial charge is 0.311 e. The van der Waals surface area contributed by atoms with Crippen LogP contribution in [0.15, 0.2) is 0 Å². The molecule has 18 aliphatic rings. The molecule has 15 heteroatoms. The van der Waals surface area contributed by atoms with E-state index in [1.807, 2.05) is 62.3 Å². The van der Waals surface area contributed by atoms with Gasteiger partial charge >= 0.3 is 35.8 Å². The Morgan fingerprint density at radius 2 is 0.824 bits per heavy atom. The summed E-state index contributed by atoms with van der Waals surface area (Å²) in [5.41, 5.74) is -2.17. The molecule has 0 aromatic carbocycles. The third kappa shape index (κ3) is 11.5. The molecule has 18 bridgehead atoms. The van der Waals surface area contributed by atoms with Crippen LogP contribution in [0.5, 0.6) is 0 Å². The minimum absolute atomic E-state index is 0.0134. The van der Waals surface area contributed by atoms with E-state index in [0.717, 1.165) is 120 Å². The zero-order chi connectivity index (χ0) is 64.0. The van der Waals surface area contributed by atoms with Crippen LogP contribution in [-0.4, -0.2) is 91.8 Å². The molecular formula is C76H112O15. The molecule has 0 spiro atoms. The zero-order valence-electron chi connectivity index (χ0n) is 56.9. The first-order chi connectivity index (χ1) is 43.4. The topological polar surface area (TPSA) is 193 Å². The highest BCUT2D eigenvalue weighted by Crippen LogP contribution is 2.71. The van der Waals surface area contributed by atoms with E-state index >= 15 is 0 Å². The highest BCUT2D eigenvalue weighted by Gasteiger charge is 2.69. The van der Waals surface area contributed by atoms with Gasteiger partial charge in [0, 0.05) is 18.4 Å². The van der Waals surface area contributed by atoms with E-state index in [1.54, 1.807) is 0 Å². The van der Waals surface area contributed by atoms with Gasteiger partial charge in [-0.3, -0.25) is 33.6 Å². The summed E-state index contributed by atoms with van der Waals surface area (Å²) in [7, 11) is 0. The Balaban J connectivity index is 0.000000120. The molecule has 0 radical (unpaired) electrons. The Bertz CT molecular complexity index is 2760. The van der Waals surface area contributed by atoms with Crippen molar-refractivity contribution >= 4 is 41.6 Å². The Labute approximate surface area is 542 Å². The van der Waals surface area contributed by atoms with Crippen LogP contribution >= 0.6 is 0 Å². The lowest BCUT2D eigenvalue weighted by molar-refractivity contribution is -0.197. The fourth-order valence-electron chi connectivity index (χ4n) is 24.7. The molecule has 22 unspecified atom stereocenters. The minimum Gasteiger partial charge on any atom is -0.462 e. The lowest BCUT2D eigenvalue weighted by Crippen LogP contribution is -2.60. The molecular weight excluding hydrogens is 1150 g/mol. The van der Waals surface area contributed by atoms with Crippen molar-refractivity contribution in [3.63, 3.8) is 0 Å². The standard InChI is InChI=1S/C30H44O5.C24H34O5.C22H34O5/c1-4-30(2,3)29(32)35-24-13-18-12-23(24)26-21-10-17(25(18)26)11-22(21)28(31)34-14-33-27-19-6-15-5-16(8-19)9-20(27)7-15;1-4-23(2,3)22(27)28-19-10-13-8-17(19)18(9-13)21(26)29-24-11-14-5-15(12-24)7-16(6-14)20(24)25;1-5-22(3,4)21(24)27-17-10-13-9-16(17)19-14-7-12(18(13)19)8-15(14)20(23)26-11-25-6-2/h15-27H,4-14H2,1-3H3;13-19H,4-12H2,1-3H3;12-19H,5-11H2,1-4H3. The minimum atomic E-state index is -0.843. The lowest BCUT2D eigenvalue weighted by atomic mass is 9.53. The van der Waals surface area contributed by atoms with Crippen molar-refractivity contribution in [2.75, 3.05) is 20.2 Å². The van der Waals surface area contributed by atoms with E-state index in [4.69, 9.17) is 37.9 Å². The first kappa shape index (κ1) is 64.7. The molecule has 18 saturated carbocycles. The quantitative estimate of drug-likeness (QED) is 0.0389. The van der Waals surface area contributed by atoms with Crippen molar-refractivity contribution in [1.29, 1.82) is 0 Å². The monoisotopic (exact) mass is 1260 g/mol. The number of carbonyl (C=O) groups excluding carboxylic acids is 7. The van der Waals surface area contributed by atoms with E-state index in [9.17, 15) is 33.6 Å². The van der Waals surface area contributed by atoms with Gasteiger partial charge < -0.3 is 37.9 Å². The molecule has 0 heterocycles. The predicted molar refractivity (Wildman–Crippen MR) is 335 cm³/mol. The number of fused-ring (bicyclic) bond motifs is 20. The summed E-state index contributed by atoms with van der Waals surface area (Å²) in [6.45, 7) is 20.5. The molecule has 0 aliphatic heterocycles. The molecule has 0 N–H and O–H groups in total. The van der Waals surface area contributed by atoms with E-state index in [0.29, 0.717) is 101 Å². The molecule has 91 heavy (non-hydrogen) atoms. The third-order valence-electron chi connectivity index (χ3n) is 29.6. The predicted octanol–water partition coefficient (Wildman–Crippen LogP) is 13.5. The lowest BCUT2D eigenvalue weighted by Gasteiger charge is -2.54. The van der Waals surface area contributed by atoms with Crippen LogP contribution < -0.4 is 0 Å². The molecule has 0 saturated heterocycles. The van der Waals surface area contributed by atoms with Crippen molar-refractivity contribution in [1.82, 2.24) is 0 Å². The number of esters is 6. The van der Waals surface area contributed by atoms with E-state index in [2.05, 4.69) is 6.92 Å². The maximum Gasteiger partial charge on any atom is 0.311 e. The van der Waals surface area contributed by atoms with E-state index in [-0.39, 0.29) is 103 Å². The van der Waals surface area contributed by atoms with Gasteiger partial charge in [-0.15, -0.1) is 0 Å². The number of hydrogen-bond acceptors (Lipinski definition) is 15. The summed E-state index contributed by atoms with van der Waals surface area (Å²) >= 11 is 0. The van der Waals surface area contributed by atoms with Gasteiger partial charge in [0.2, 0.25) is 0 Å². The Morgan fingerprint density at radius 1 is 0.407 bits per heavy atom. The highest BCUT2D eigenvalue weighted by atomic mass is 16.7. The molecule has 18 aliphatic carbocycles. The molecule has 0 aromatic heterocycles. The van der Waals surface area contributed by atoms with Crippen molar-refractivity contribution in [2.45, 2.75) is 253 Å². The molecule has 0 aromatic rings. The number of rotatable bonds is 19. The van der Waals surface area contributed by atoms with Crippen LogP contribution in [0.4, 0.5) is 0 Å². The Kier molecular flexibility index (Phi) is 17.4. The maximum atomic E-state index is 13.2. The van der Waals surface area contributed by atoms with Crippen LogP contribution in [0.2, 0.25) is 0 Å². The van der Waals surface area contributed by atoms with Crippen molar-refractivity contribution in [3.8, 4) is 0 Å². The molecule has 15 nitrogen and oxygen atoms in total. The van der Waals surface area contributed by atoms with Crippen LogP contribution in [0.25, 0.3) is 0 Å². The molecule has 18 rings (SSSR count). The summed E-state index contributed by atoms with van der Waals surface area (Å²) in [5, 5.41) is 0. The van der Waals surface area contributed by atoms with E-state index < -0.39 is 21.8 Å². The number of carbonyl (C=O) groups is 7. The normalized spacial score (nSPS) is 46.1. The summed E-state index contributed by atoms with van der Waals surface area (Å²) in [5.74, 6) is 11.3. The zero-order valence-corrected chi connectivity index (χ0v) is 56.9. The van der Waals surface area contributed by atoms with Crippen LogP contribution in [0.1, 0.15) is 223 Å². The summed E-state index contributed by atoms with van der Waals surface area (Å²) in [6, 6.07) is 0. The van der Waals surface area contributed by atoms with Crippen molar-refractivity contribution < 1.29 is 71.5 Å². The van der Waals surface area contributed by atoms with Gasteiger partial charge in [-0.25, -0.2) is 0 Å². The van der Waals surface area contributed by atoms with Gasteiger partial charge in [-0.1, -0.05) is 20.8 Å². The SMILES string of the molecule is CCC(C)(C)C(=O)OC1CC2CC(C(=O)OC34CC5CC(CC(C5)C3=O)C4)C1C2.CCC(C)(C)C(=O)OC1CC2CC1C1C3CC(CC3C(=O)OCOC3C4CC5CC(C4)CC3C5)C21.CCOCOC(=O)C1CC2CC1C1C3CC(CC3OC(=O)C(C)(C)CC)C21. The number of hydrogen-bond donors (Lipinski definition) is 0. The number of Topliss-reactive ketones (excluding diaryl/α,β-unsaturated/α-hetero) is 1. The fourth-order valence-corrected chi connectivity index (χ4v) is 24.7. The summed E-state index contributed by atoms with van der Waals surface area (Å²) in [6.07, 6.45) is 25.3. The fraction of sp³-hybridized carbons (Fsp3) is 0.908. The molecule has 506 valence electrons. The number of ketones is 1. The van der Waals surface area contributed by atoms with Crippen LogP contribution in [0, 0.1) is 158 Å². The second kappa shape index (κ2) is 24.5. The number of ether oxygens (including phenoxy) is 8. The van der Waals surface area contributed by atoms with Crippen molar-refractivity contribution in [3.05, 3.63) is 0 Å². The highest BCUT2D eigenvalue weighted by molar-refractivity contribution is 5.94. The van der Waals surface area contributed by atoms with Gasteiger partial charge in [-0.2, -0.15) is 0 Å². The van der Waals surface area contributed by atoms with Gasteiger partial charge in [-0.05, 0) is 315 Å². The Morgan fingerprint density at radius 3 is 1.29 bits per heavy atom. The first-order valence-electron chi connectivity index (χ1n) is 37.3. The second-order valence-corrected chi connectivity index (χ2v) is 35.5. The van der Waals surface area contributed by atoms with Gasteiger partial charge in [0.15, 0.2) is 25.0 Å². The molecule has 0 amide bonds. The van der Waals surface area contributed by atoms with Crippen molar-refractivity contribution in [2.24, 2.45) is 158 Å².